The van der Waals surface area contributed by atoms with Gasteiger partial charge >= 0.3 is 5.97 Å². The van der Waals surface area contributed by atoms with Crippen LogP contribution in [0.2, 0.25) is 5.02 Å². The summed E-state index contributed by atoms with van der Waals surface area (Å²) < 4.78 is 5.50. The highest BCUT2D eigenvalue weighted by atomic mass is 35.5. The number of benzene rings is 3. The van der Waals surface area contributed by atoms with Gasteiger partial charge in [0.15, 0.2) is 0 Å². The number of ether oxygens (including phenoxy) is 1. The van der Waals surface area contributed by atoms with E-state index in [-0.39, 0.29) is 11.7 Å². The second-order valence-corrected chi connectivity index (χ2v) is 6.65. The molecule has 0 heterocycles. The van der Waals surface area contributed by atoms with Crippen molar-refractivity contribution in [1.29, 1.82) is 0 Å². The van der Waals surface area contributed by atoms with Crippen LogP contribution in [-0.4, -0.2) is 11.1 Å². The highest BCUT2D eigenvalue weighted by Crippen LogP contribution is 2.32. The van der Waals surface area contributed by atoms with E-state index < -0.39 is 12.0 Å². The van der Waals surface area contributed by atoms with E-state index in [2.05, 4.69) is 5.32 Å². The molecule has 2 N–H and O–H groups in total. The molecule has 0 bridgehead atoms. The molecule has 4 nitrogen and oxygen atoms in total. The number of para-hydroxylation sites is 3. The van der Waals surface area contributed by atoms with Gasteiger partial charge < -0.3 is 15.2 Å². The molecular weight excluding hydrogens is 362 g/mol. The summed E-state index contributed by atoms with van der Waals surface area (Å²) in [5.74, 6) is -0.290. The van der Waals surface area contributed by atoms with Crippen LogP contribution in [0.1, 0.15) is 18.5 Å². The molecule has 2 atom stereocenters. The largest absolute Gasteiger partial charge is 0.506 e. The van der Waals surface area contributed by atoms with Crippen molar-refractivity contribution in [2.45, 2.75) is 13.0 Å². The lowest BCUT2D eigenvalue weighted by Crippen LogP contribution is -2.28. The van der Waals surface area contributed by atoms with Crippen LogP contribution in [-0.2, 0) is 4.79 Å². The topological polar surface area (TPSA) is 58.6 Å². The quantitative estimate of drug-likeness (QED) is 0.339. The summed E-state index contributed by atoms with van der Waals surface area (Å²) in [6, 6.07) is 22.7. The molecule has 0 amide bonds. The van der Waals surface area contributed by atoms with E-state index in [0.717, 1.165) is 5.56 Å². The van der Waals surface area contributed by atoms with E-state index in [1.54, 1.807) is 49.4 Å². The summed E-state index contributed by atoms with van der Waals surface area (Å²) in [7, 11) is 0. The van der Waals surface area contributed by atoms with Crippen molar-refractivity contribution < 1.29 is 14.6 Å². The molecule has 27 heavy (non-hydrogen) atoms. The fourth-order valence-electron chi connectivity index (χ4n) is 2.76. The van der Waals surface area contributed by atoms with Gasteiger partial charge in [-0.25, -0.2) is 0 Å². The number of nitrogens with one attached hydrogen (secondary N) is 1. The molecule has 0 aliphatic heterocycles. The molecule has 0 fully saturated rings. The molecule has 0 saturated heterocycles. The molecule has 0 unspecified atom stereocenters. The predicted molar refractivity (Wildman–Crippen MR) is 107 cm³/mol. The Balaban J connectivity index is 1.87. The van der Waals surface area contributed by atoms with Gasteiger partial charge in [0.05, 0.1) is 17.6 Å². The SMILES string of the molecule is C[C@@H](C(=O)Oc1ccccc1)[C@H](Nc1ccccc1O)c1ccc(Cl)cc1. The van der Waals surface area contributed by atoms with Crippen LogP contribution in [0.15, 0.2) is 78.9 Å². The van der Waals surface area contributed by atoms with E-state index in [0.29, 0.717) is 16.5 Å². The molecule has 0 spiro atoms. The zero-order valence-electron chi connectivity index (χ0n) is 14.8. The lowest BCUT2D eigenvalue weighted by atomic mass is 9.94. The monoisotopic (exact) mass is 381 g/mol. The van der Waals surface area contributed by atoms with Gasteiger partial charge in [-0.05, 0) is 48.9 Å². The number of esters is 1. The maximum absolute atomic E-state index is 12.7. The summed E-state index contributed by atoms with van der Waals surface area (Å²) in [5, 5.41) is 14.0. The first kappa shape index (κ1) is 18.8. The summed E-state index contributed by atoms with van der Waals surface area (Å²) >= 11 is 6.00. The van der Waals surface area contributed by atoms with Crippen molar-refractivity contribution in [3.8, 4) is 11.5 Å². The van der Waals surface area contributed by atoms with Crippen molar-refractivity contribution in [3.63, 3.8) is 0 Å². The van der Waals surface area contributed by atoms with Gasteiger partial charge in [-0.1, -0.05) is 54.1 Å². The maximum atomic E-state index is 12.7. The molecule has 3 rings (SSSR count). The Morgan fingerprint density at radius 3 is 2.26 bits per heavy atom. The van der Waals surface area contributed by atoms with E-state index in [9.17, 15) is 9.90 Å². The number of anilines is 1. The Hall–Kier alpha value is -2.98. The van der Waals surface area contributed by atoms with Gasteiger partial charge in [0, 0.05) is 5.02 Å². The average molecular weight is 382 g/mol. The molecule has 3 aromatic rings. The summed E-state index contributed by atoms with van der Waals surface area (Å²) in [4.78, 5) is 12.7. The number of aromatic hydroxyl groups is 1. The molecule has 0 aliphatic carbocycles. The first-order valence-electron chi connectivity index (χ1n) is 8.61. The normalized spacial score (nSPS) is 12.8. The molecule has 0 radical (unpaired) electrons. The number of carbonyl (C=O) groups excluding carboxylic acids is 1. The van der Waals surface area contributed by atoms with Gasteiger partial charge in [0.1, 0.15) is 11.5 Å². The first-order valence-corrected chi connectivity index (χ1v) is 8.99. The molecular formula is C22H20ClNO3. The predicted octanol–water partition coefficient (Wildman–Crippen LogP) is 5.44. The fraction of sp³-hybridized carbons (Fsp3) is 0.136. The highest BCUT2D eigenvalue weighted by Gasteiger charge is 2.28. The van der Waals surface area contributed by atoms with Crippen molar-refractivity contribution in [2.24, 2.45) is 5.92 Å². The number of hydrogen-bond donors (Lipinski definition) is 2. The Morgan fingerprint density at radius 1 is 0.963 bits per heavy atom. The number of rotatable bonds is 6. The minimum Gasteiger partial charge on any atom is -0.506 e. The number of hydrogen-bond acceptors (Lipinski definition) is 4. The number of phenolic OH excluding ortho intramolecular Hbond substituents is 1. The number of halogens is 1. The van der Waals surface area contributed by atoms with Gasteiger partial charge in [0.25, 0.3) is 0 Å². The minimum atomic E-state index is -0.522. The Kier molecular flexibility index (Phi) is 5.99. The zero-order valence-corrected chi connectivity index (χ0v) is 15.6. The van der Waals surface area contributed by atoms with Gasteiger partial charge in [-0.2, -0.15) is 0 Å². The second-order valence-electron chi connectivity index (χ2n) is 6.21. The van der Waals surface area contributed by atoms with Crippen LogP contribution < -0.4 is 10.1 Å². The Morgan fingerprint density at radius 2 is 1.59 bits per heavy atom. The van der Waals surface area contributed by atoms with Crippen molar-refractivity contribution in [2.75, 3.05) is 5.32 Å². The second kappa shape index (κ2) is 8.60. The Labute approximate surface area is 163 Å². The lowest BCUT2D eigenvalue weighted by Gasteiger charge is -2.26. The van der Waals surface area contributed by atoms with Crippen LogP contribution in [0.3, 0.4) is 0 Å². The maximum Gasteiger partial charge on any atom is 0.316 e. The average Bonchev–Trinajstić information content (AvgIpc) is 2.68. The third-order valence-corrected chi connectivity index (χ3v) is 4.53. The minimum absolute atomic E-state index is 0.111. The van der Waals surface area contributed by atoms with Crippen molar-refractivity contribution in [1.82, 2.24) is 0 Å². The molecule has 3 aromatic carbocycles. The molecule has 5 heteroatoms. The van der Waals surface area contributed by atoms with Crippen LogP contribution in [0, 0.1) is 5.92 Å². The smallest absolute Gasteiger partial charge is 0.316 e. The summed E-state index contributed by atoms with van der Waals surface area (Å²) in [6.45, 7) is 1.79. The summed E-state index contributed by atoms with van der Waals surface area (Å²) in [6.07, 6.45) is 0. The van der Waals surface area contributed by atoms with Crippen LogP contribution in [0.4, 0.5) is 5.69 Å². The van der Waals surface area contributed by atoms with Gasteiger partial charge in [-0.3, -0.25) is 4.79 Å². The van der Waals surface area contributed by atoms with Crippen molar-refractivity contribution in [3.05, 3.63) is 89.4 Å². The van der Waals surface area contributed by atoms with Crippen LogP contribution >= 0.6 is 11.6 Å². The van der Waals surface area contributed by atoms with Gasteiger partial charge in [-0.15, -0.1) is 0 Å². The van der Waals surface area contributed by atoms with E-state index >= 15 is 0 Å². The zero-order chi connectivity index (χ0) is 19.2. The van der Waals surface area contributed by atoms with E-state index in [1.807, 2.05) is 36.4 Å². The van der Waals surface area contributed by atoms with Crippen LogP contribution in [0.25, 0.3) is 0 Å². The molecule has 0 aromatic heterocycles. The number of phenols is 1. The highest BCUT2D eigenvalue weighted by molar-refractivity contribution is 6.30. The molecule has 138 valence electrons. The fourth-order valence-corrected chi connectivity index (χ4v) is 2.89. The number of carbonyl (C=O) groups is 1. The van der Waals surface area contributed by atoms with E-state index in [1.165, 1.54) is 0 Å². The summed E-state index contributed by atoms with van der Waals surface area (Å²) in [5.41, 5.74) is 1.40. The Bertz CT molecular complexity index is 897. The van der Waals surface area contributed by atoms with Gasteiger partial charge in [0.2, 0.25) is 0 Å². The van der Waals surface area contributed by atoms with Crippen molar-refractivity contribution >= 4 is 23.3 Å². The standard InChI is InChI=1S/C22H20ClNO3/c1-15(22(26)27-18-7-3-2-4-8-18)21(16-11-13-17(23)14-12-16)24-19-9-5-6-10-20(19)25/h2-15,21,24-25H,1H3/t15-,21+/m1/s1. The van der Waals surface area contributed by atoms with Crippen LogP contribution in [0.5, 0.6) is 11.5 Å². The third-order valence-electron chi connectivity index (χ3n) is 4.28. The third kappa shape index (κ3) is 4.80. The lowest BCUT2D eigenvalue weighted by molar-refractivity contribution is -0.138. The molecule has 0 aliphatic rings. The van der Waals surface area contributed by atoms with E-state index in [4.69, 9.17) is 16.3 Å². The molecule has 0 saturated carbocycles. The first-order chi connectivity index (χ1) is 13.0.